The first kappa shape index (κ1) is 24.4. The Morgan fingerprint density at radius 3 is 2.97 bits per heavy atom. The molecule has 4 aromatic rings. The number of aromatic nitrogens is 2. The van der Waals surface area contributed by atoms with Gasteiger partial charge in [0.25, 0.3) is 11.5 Å². The quantitative estimate of drug-likeness (QED) is 0.250. The van der Waals surface area contributed by atoms with E-state index in [0.717, 1.165) is 39.7 Å². The van der Waals surface area contributed by atoms with Crippen molar-refractivity contribution in [3.8, 4) is 5.75 Å². The van der Waals surface area contributed by atoms with E-state index in [4.69, 9.17) is 4.74 Å². The van der Waals surface area contributed by atoms with Crippen LogP contribution < -0.4 is 15.7 Å². The number of carbonyl (C=O) groups is 1. The first-order chi connectivity index (χ1) is 17.5. The highest BCUT2D eigenvalue weighted by atomic mass is 79.9. The third kappa shape index (κ3) is 5.42. The summed E-state index contributed by atoms with van der Waals surface area (Å²) >= 11 is 5.06. The maximum Gasteiger partial charge on any atom is 0.262 e. The predicted octanol–water partition coefficient (Wildman–Crippen LogP) is 5.07. The monoisotopic (exact) mass is 564 g/mol. The molecule has 0 bridgehead atoms. The molecular weight excluding hydrogens is 540 g/mol. The number of amides is 1. The first-order valence-corrected chi connectivity index (χ1v) is 13.4. The first-order valence-electron chi connectivity index (χ1n) is 11.8. The molecule has 1 aliphatic carbocycles. The Kier molecular flexibility index (Phi) is 7.29. The predicted molar refractivity (Wildman–Crippen MR) is 146 cm³/mol. The molecule has 5 rings (SSSR count). The van der Waals surface area contributed by atoms with Crippen molar-refractivity contribution in [3.63, 3.8) is 0 Å². The van der Waals surface area contributed by atoms with Gasteiger partial charge in [-0.25, -0.2) is 10.4 Å². The van der Waals surface area contributed by atoms with Crippen LogP contribution in [0, 0.1) is 5.92 Å². The fourth-order valence-corrected chi connectivity index (χ4v) is 6.05. The molecule has 0 radical (unpaired) electrons. The van der Waals surface area contributed by atoms with Gasteiger partial charge in [0.1, 0.15) is 23.7 Å². The summed E-state index contributed by atoms with van der Waals surface area (Å²) in [7, 11) is 0. The molecular formula is C27H25BrN4O3S. The maximum atomic E-state index is 13.1. The molecule has 1 aliphatic rings. The smallest absolute Gasteiger partial charge is 0.262 e. The fourth-order valence-electron chi connectivity index (χ4n) is 4.33. The Morgan fingerprint density at radius 2 is 2.14 bits per heavy atom. The summed E-state index contributed by atoms with van der Waals surface area (Å²) in [5.41, 5.74) is 5.21. The van der Waals surface area contributed by atoms with Crippen molar-refractivity contribution >= 4 is 49.6 Å². The molecule has 2 heterocycles. The number of halogens is 1. The molecule has 1 unspecified atom stereocenters. The van der Waals surface area contributed by atoms with E-state index in [1.165, 1.54) is 22.0 Å². The van der Waals surface area contributed by atoms with Crippen molar-refractivity contribution in [2.75, 3.05) is 0 Å². The molecule has 7 nitrogen and oxygen atoms in total. The molecule has 0 spiro atoms. The van der Waals surface area contributed by atoms with Gasteiger partial charge in [-0.3, -0.25) is 14.2 Å². The van der Waals surface area contributed by atoms with E-state index in [9.17, 15) is 9.59 Å². The van der Waals surface area contributed by atoms with Gasteiger partial charge in [-0.1, -0.05) is 53.2 Å². The molecule has 9 heteroatoms. The van der Waals surface area contributed by atoms with Crippen LogP contribution in [0.15, 0.2) is 69.2 Å². The van der Waals surface area contributed by atoms with E-state index in [-0.39, 0.29) is 12.1 Å². The van der Waals surface area contributed by atoms with Crippen LogP contribution in [0.1, 0.15) is 34.9 Å². The number of aryl methyl sites for hydroxylation is 1. The highest BCUT2D eigenvalue weighted by molar-refractivity contribution is 9.10. The zero-order valence-electron chi connectivity index (χ0n) is 19.7. The molecule has 2 aromatic carbocycles. The van der Waals surface area contributed by atoms with Gasteiger partial charge >= 0.3 is 0 Å². The Hall–Kier alpha value is -3.30. The van der Waals surface area contributed by atoms with Crippen LogP contribution in [-0.4, -0.2) is 21.7 Å². The van der Waals surface area contributed by atoms with E-state index in [1.54, 1.807) is 11.3 Å². The van der Waals surface area contributed by atoms with E-state index in [0.29, 0.717) is 29.2 Å². The second kappa shape index (κ2) is 10.8. The maximum absolute atomic E-state index is 13.1. The summed E-state index contributed by atoms with van der Waals surface area (Å²) in [6.07, 6.45) is 5.91. The minimum Gasteiger partial charge on any atom is -0.488 e. The number of benzene rings is 2. The summed E-state index contributed by atoms with van der Waals surface area (Å²) in [6, 6.07) is 15.5. The van der Waals surface area contributed by atoms with Crippen LogP contribution in [0.5, 0.6) is 5.75 Å². The number of rotatable bonds is 7. The normalized spacial score (nSPS) is 15.2. The van der Waals surface area contributed by atoms with Gasteiger partial charge in [0.2, 0.25) is 0 Å². The standard InChI is InChI=1S/C27H25BrN4O3S/c1-17-7-9-21-23(11-17)36-26-25(21)27(34)32(16-29-26)14-24(33)31-30-13-19-12-20(28)8-10-22(19)35-15-18-5-3-2-4-6-18/h2-6,8,10,12-13,16-17H,7,9,11,14-15H2,1H3,(H,31,33)/b30-13+. The largest absolute Gasteiger partial charge is 0.488 e. The van der Waals surface area contributed by atoms with Crippen LogP contribution in [0.4, 0.5) is 0 Å². The van der Waals surface area contributed by atoms with Crippen LogP contribution >= 0.6 is 27.3 Å². The lowest BCUT2D eigenvalue weighted by molar-refractivity contribution is -0.121. The second-order valence-corrected chi connectivity index (χ2v) is 11.0. The van der Waals surface area contributed by atoms with Crippen molar-refractivity contribution < 1.29 is 9.53 Å². The van der Waals surface area contributed by atoms with Crippen LogP contribution in [0.25, 0.3) is 10.2 Å². The summed E-state index contributed by atoms with van der Waals surface area (Å²) in [4.78, 5) is 32.2. The highest BCUT2D eigenvalue weighted by Crippen LogP contribution is 2.35. The molecule has 2 aromatic heterocycles. The topological polar surface area (TPSA) is 85.6 Å². The third-order valence-electron chi connectivity index (χ3n) is 6.20. The van der Waals surface area contributed by atoms with Crippen LogP contribution in [-0.2, 0) is 30.8 Å². The molecule has 0 saturated heterocycles. The Bertz CT molecular complexity index is 1500. The number of fused-ring (bicyclic) bond motifs is 3. The molecule has 1 N–H and O–H groups in total. The van der Waals surface area contributed by atoms with Gasteiger partial charge in [0, 0.05) is 14.9 Å². The molecule has 184 valence electrons. The van der Waals surface area contributed by atoms with Gasteiger partial charge in [-0.05, 0) is 54.5 Å². The van der Waals surface area contributed by atoms with Gasteiger partial charge in [0.15, 0.2) is 0 Å². The lowest BCUT2D eigenvalue weighted by Gasteiger charge is -2.17. The number of nitrogens with zero attached hydrogens (tertiary/aromatic N) is 3. The number of hydrogen-bond acceptors (Lipinski definition) is 6. The van der Waals surface area contributed by atoms with Gasteiger partial charge in [0.05, 0.1) is 17.9 Å². The van der Waals surface area contributed by atoms with Gasteiger partial charge < -0.3 is 4.74 Å². The average Bonchev–Trinajstić information content (AvgIpc) is 3.24. The Balaban J connectivity index is 1.27. The number of hydrazone groups is 1. The molecule has 1 amide bonds. The summed E-state index contributed by atoms with van der Waals surface area (Å²) in [5.74, 6) is 0.849. The molecule has 0 fully saturated rings. The number of nitrogens with one attached hydrogen (secondary N) is 1. The lowest BCUT2D eigenvalue weighted by Crippen LogP contribution is -2.30. The summed E-state index contributed by atoms with van der Waals surface area (Å²) in [6.45, 7) is 2.49. The van der Waals surface area contributed by atoms with Crippen molar-refractivity contribution in [3.05, 3.63) is 91.3 Å². The zero-order valence-corrected chi connectivity index (χ0v) is 22.1. The molecule has 0 saturated carbocycles. The lowest BCUT2D eigenvalue weighted by atomic mass is 9.89. The fraction of sp³-hybridized carbons (Fsp3) is 0.259. The van der Waals surface area contributed by atoms with Crippen LogP contribution in [0.3, 0.4) is 0 Å². The Morgan fingerprint density at radius 1 is 1.31 bits per heavy atom. The van der Waals surface area contributed by atoms with Crippen LogP contribution in [0.2, 0.25) is 0 Å². The van der Waals surface area contributed by atoms with Crippen molar-refractivity contribution in [2.45, 2.75) is 39.3 Å². The van der Waals surface area contributed by atoms with Gasteiger partial charge in [-0.15, -0.1) is 11.3 Å². The molecule has 1 atom stereocenters. The Labute approximate surface area is 221 Å². The van der Waals surface area contributed by atoms with Crippen molar-refractivity contribution in [1.29, 1.82) is 0 Å². The van der Waals surface area contributed by atoms with Crippen molar-refractivity contribution in [2.24, 2.45) is 11.0 Å². The van der Waals surface area contributed by atoms with E-state index >= 15 is 0 Å². The second-order valence-electron chi connectivity index (χ2n) is 8.96. The highest BCUT2D eigenvalue weighted by Gasteiger charge is 2.23. The van der Waals surface area contributed by atoms with E-state index in [1.807, 2.05) is 48.5 Å². The minimum atomic E-state index is -0.408. The molecule has 36 heavy (non-hydrogen) atoms. The third-order valence-corrected chi connectivity index (χ3v) is 7.85. The number of carbonyl (C=O) groups excluding carboxylic acids is 1. The minimum absolute atomic E-state index is 0.157. The average molecular weight is 565 g/mol. The number of thiophene rings is 1. The van der Waals surface area contributed by atoms with E-state index < -0.39 is 5.91 Å². The summed E-state index contributed by atoms with van der Waals surface area (Å²) < 4.78 is 8.17. The molecule has 0 aliphatic heterocycles. The summed E-state index contributed by atoms with van der Waals surface area (Å²) in [5, 5.41) is 4.76. The van der Waals surface area contributed by atoms with E-state index in [2.05, 4.69) is 38.4 Å². The number of hydrogen-bond donors (Lipinski definition) is 1. The number of ether oxygens (including phenoxy) is 1. The SMILES string of the molecule is CC1CCc2c(sc3ncn(CC(=O)N/N=C/c4cc(Br)ccc4OCc4ccccc4)c(=O)c23)C1. The van der Waals surface area contributed by atoms with Gasteiger partial charge in [-0.2, -0.15) is 5.10 Å². The van der Waals surface area contributed by atoms with Crippen molar-refractivity contribution in [1.82, 2.24) is 15.0 Å². The zero-order chi connectivity index (χ0) is 25.1.